The SMILES string of the molecule is O=C(CSc1nnnn1Cc1ccco1)NCCc1cccc(Cl)c1. The molecule has 25 heavy (non-hydrogen) atoms. The Hall–Kier alpha value is -2.32. The molecule has 0 saturated carbocycles. The number of carbonyl (C=O) groups excluding carboxylic acids is 1. The Balaban J connectivity index is 1.43. The quantitative estimate of drug-likeness (QED) is 0.607. The smallest absolute Gasteiger partial charge is 0.230 e. The third-order valence-electron chi connectivity index (χ3n) is 3.34. The van der Waals surface area contributed by atoms with Crippen LogP contribution in [0.3, 0.4) is 0 Å². The minimum atomic E-state index is -0.0698. The van der Waals surface area contributed by atoms with Crippen LogP contribution in [0.4, 0.5) is 0 Å². The van der Waals surface area contributed by atoms with Crippen LogP contribution in [0.2, 0.25) is 5.02 Å². The Morgan fingerprint density at radius 1 is 1.32 bits per heavy atom. The van der Waals surface area contributed by atoms with E-state index in [0.29, 0.717) is 23.3 Å². The number of furan rings is 1. The molecule has 0 aliphatic heterocycles. The molecule has 2 aromatic heterocycles. The Morgan fingerprint density at radius 3 is 3.04 bits per heavy atom. The number of tetrazole rings is 1. The molecule has 0 saturated heterocycles. The summed E-state index contributed by atoms with van der Waals surface area (Å²) in [6.45, 7) is 0.982. The molecule has 1 amide bonds. The van der Waals surface area contributed by atoms with Gasteiger partial charge < -0.3 is 9.73 Å². The van der Waals surface area contributed by atoms with Gasteiger partial charge in [0.05, 0.1) is 12.0 Å². The lowest BCUT2D eigenvalue weighted by Gasteiger charge is -2.06. The van der Waals surface area contributed by atoms with Gasteiger partial charge in [0.2, 0.25) is 11.1 Å². The van der Waals surface area contributed by atoms with Crippen molar-refractivity contribution in [2.75, 3.05) is 12.3 Å². The molecule has 3 rings (SSSR count). The molecule has 1 N–H and O–H groups in total. The number of nitrogens with one attached hydrogen (secondary N) is 1. The number of hydrogen-bond donors (Lipinski definition) is 1. The van der Waals surface area contributed by atoms with Crippen molar-refractivity contribution in [3.63, 3.8) is 0 Å². The molecular formula is C16H16ClN5O2S. The van der Waals surface area contributed by atoms with E-state index in [1.165, 1.54) is 11.8 Å². The lowest BCUT2D eigenvalue weighted by Crippen LogP contribution is -2.27. The largest absolute Gasteiger partial charge is 0.467 e. The molecule has 2 heterocycles. The lowest BCUT2D eigenvalue weighted by atomic mass is 10.1. The van der Waals surface area contributed by atoms with E-state index in [0.717, 1.165) is 17.7 Å². The van der Waals surface area contributed by atoms with Crippen molar-refractivity contribution in [1.29, 1.82) is 0 Å². The Kier molecular flexibility index (Phi) is 6.08. The van der Waals surface area contributed by atoms with Gasteiger partial charge in [-0.05, 0) is 46.7 Å². The summed E-state index contributed by atoms with van der Waals surface area (Å²) < 4.78 is 6.88. The van der Waals surface area contributed by atoms with E-state index in [4.69, 9.17) is 16.0 Å². The third-order valence-corrected chi connectivity index (χ3v) is 4.53. The molecule has 3 aromatic rings. The summed E-state index contributed by atoms with van der Waals surface area (Å²) in [4.78, 5) is 12.0. The summed E-state index contributed by atoms with van der Waals surface area (Å²) in [6, 6.07) is 11.3. The number of rotatable bonds is 8. The van der Waals surface area contributed by atoms with Crippen molar-refractivity contribution in [2.24, 2.45) is 0 Å². The van der Waals surface area contributed by atoms with E-state index in [-0.39, 0.29) is 11.7 Å². The molecule has 0 aliphatic rings. The molecule has 0 bridgehead atoms. The maximum atomic E-state index is 12.0. The highest BCUT2D eigenvalue weighted by Crippen LogP contribution is 2.15. The molecule has 0 unspecified atom stereocenters. The highest BCUT2D eigenvalue weighted by Gasteiger charge is 2.11. The fraction of sp³-hybridized carbons (Fsp3) is 0.250. The zero-order chi connectivity index (χ0) is 17.5. The van der Waals surface area contributed by atoms with Crippen LogP contribution in [-0.2, 0) is 17.8 Å². The number of benzene rings is 1. The summed E-state index contributed by atoms with van der Waals surface area (Å²) in [6.07, 6.45) is 2.33. The Bertz CT molecular complexity index is 822. The Labute approximate surface area is 153 Å². The molecule has 9 heteroatoms. The average Bonchev–Trinajstić information content (AvgIpc) is 3.25. The van der Waals surface area contributed by atoms with Crippen LogP contribution in [-0.4, -0.2) is 38.4 Å². The number of halogens is 1. The average molecular weight is 378 g/mol. The topological polar surface area (TPSA) is 85.8 Å². The highest BCUT2D eigenvalue weighted by molar-refractivity contribution is 7.99. The first-order chi connectivity index (χ1) is 12.2. The predicted molar refractivity (Wildman–Crippen MR) is 94.5 cm³/mol. The van der Waals surface area contributed by atoms with Crippen molar-refractivity contribution in [2.45, 2.75) is 18.1 Å². The second-order valence-electron chi connectivity index (χ2n) is 5.22. The second kappa shape index (κ2) is 8.68. The van der Waals surface area contributed by atoms with Crippen LogP contribution in [0.15, 0.2) is 52.2 Å². The van der Waals surface area contributed by atoms with Crippen LogP contribution in [0, 0.1) is 0 Å². The summed E-state index contributed by atoms with van der Waals surface area (Å²) in [7, 11) is 0. The van der Waals surface area contributed by atoms with Crippen LogP contribution in [0.25, 0.3) is 0 Å². The molecule has 7 nitrogen and oxygen atoms in total. The molecule has 0 radical (unpaired) electrons. The van der Waals surface area contributed by atoms with E-state index in [9.17, 15) is 4.79 Å². The first-order valence-corrected chi connectivity index (χ1v) is 8.99. The molecule has 0 atom stereocenters. The zero-order valence-corrected chi connectivity index (χ0v) is 14.8. The standard InChI is InChI=1S/C16H16ClN5O2S/c17-13-4-1-3-12(9-13)6-7-18-15(23)11-25-16-19-20-21-22(16)10-14-5-2-8-24-14/h1-5,8-9H,6-7,10-11H2,(H,18,23). The third kappa shape index (κ3) is 5.33. The summed E-state index contributed by atoms with van der Waals surface area (Å²) in [5.41, 5.74) is 1.09. The number of aromatic nitrogens is 4. The minimum Gasteiger partial charge on any atom is -0.467 e. The van der Waals surface area contributed by atoms with Gasteiger partial charge in [-0.2, -0.15) is 0 Å². The first kappa shape index (κ1) is 17.5. The van der Waals surface area contributed by atoms with E-state index in [2.05, 4.69) is 20.8 Å². The molecule has 0 aliphatic carbocycles. The number of amides is 1. The van der Waals surface area contributed by atoms with Gasteiger partial charge in [-0.3, -0.25) is 4.79 Å². The summed E-state index contributed by atoms with van der Waals surface area (Å²) in [5, 5.41) is 15.6. The number of nitrogens with zero attached hydrogens (tertiary/aromatic N) is 4. The van der Waals surface area contributed by atoms with Crippen molar-refractivity contribution in [1.82, 2.24) is 25.5 Å². The zero-order valence-electron chi connectivity index (χ0n) is 13.3. The molecule has 1 aromatic carbocycles. The second-order valence-corrected chi connectivity index (χ2v) is 6.60. The van der Waals surface area contributed by atoms with Crippen LogP contribution >= 0.6 is 23.4 Å². The van der Waals surface area contributed by atoms with Crippen molar-refractivity contribution in [3.8, 4) is 0 Å². The van der Waals surface area contributed by atoms with E-state index in [1.807, 2.05) is 30.3 Å². The van der Waals surface area contributed by atoms with Gasteiger partial charge in [-0.1, -0.05) is 35.5 Å². The number of carbonyl (C=O) groups is 1. The van der Waals surface area contributed by atoms with Gasteiger partial charge in [0.1, 0.15) is 12.3 Å². The van der Waals surface area contributed by atoms with Crippen molar-refractivity contribution >= 4 is 29.3 Å². The van der Waals surface area contributed by atoms with E-state index < -0.39 is 0 Å². The lowest BCUT2D eigenvalue weighted by molar-refractivity contribution is -0.118. The Morgan fingerprint density at radius 2 is 2.24 bits per heavy atom. The number of thioether (sulfide) groups is 1. The molecule has 130 valence electrons. The predicted octanol–water partition coefficient (Wildman–Crippen LogP) is 2.42. The fourth-order valence-corrected chi connectivity index (χ4v) is 3.09. The van der Waals surface area contributed by atoms with Crippen LogP contribution in [0.1, 0.15) is 11.3 Å². The summed E-state index contributed by atoms with van der Waals surface area (Å²) in [5.74, 6) is 0.924. The maximum absolute atomic E-state index is 12.0. The normalized spacial score (nSPS) is 10.8. The monoisotopic (exact) mass is 377 g/mol. The molecule has 0 fully saturated rings. The van der Waals surface area contributed by atoms with E-state index in [1.54, 1.807) is 17.0 Å². The molecular weight excluding hydrogens is 362 g/mol. The van der Waals surface area contributed by atoms with Gasteiger partial charge >= 0.3 is 0 Å². The van der Waals surface area contributed by atoms with Crippen LogP contribution in [0.5, 0.6) is 0 Å². The fourth-order valence-electron chi connectivity index (χ4n) is 2.17. The van der Waals surface area contributed by atoms with Gasteiger partial charge in [0.25, 0.3) is 0 Å². The van der Waals surface area contributed by atoms with Crippen molar-refractivity contribution < 1.29 is 9.21 Å². The van der Waals surface area contributed by atoms with E-state index >= 15 is 0 Å². The van der Waals surface area contributed by atoms with Gasteiger partial charge in [0.15, 0.2) is 0 Å². The van der Waals surface area contributed by atoms with Crippen LogP contribution < -0.4 is 5.32 Å². The number of hydrogen-bond acceptors (Lipinski definition) is 6. The highest BCUT2D eigenvalue weighted by atomic mass is 35.5. The van der Waals surface area contributed by atoms with Crippen molar-refractivity contribution in [3.05, 3.63) is 59.0 Å². The maximum Gasteiger partial charge on any atom is 0.230 e. The molecule has 0 spiro atoms. The van der Waals surface area contributed by atoms with Gasteiger partial charge in [-0.15, -0.1) is 5.10 Å². The van der Waals surface area contributed by atoms with Gasteiger partial charge in [-0.25, -0.2) is 4.68 Å². The summed E-state index contributed by atoms with van der Waals surface area (Å²) >= 11 is 7.22. The first-order valence-electron chi connectivity index (χ1n) is 7.63. The minimum absolute atomic E-state index is 0.0698. The van der Waals surface area contributed by atoms with Gasteiger partial charge in [0, 0.05) is 11.6 Å².